The Morgan fingerprint density at radius 2 is 2.08 bits per heavy atom. The number of nitrogens with two attached hydrogens (primary N) is 1. The minimum atomic E-state index is -0.109. The minimum absolute atomic E-state index is 0. The van der Waals surface area contributed by atoms with Crippen LogP contribution < -0.4 is 11.1 Å². The second-order valence-electron chi connectivity index (χ2n) is 6.37. The topological polar surface area (TPSA) is 72.9 Å². The number of nitrogens with zero attached hydrogens (tertiary/aromatic N) is 2. The number of nitrogens with one attached hydrogen (secondary N) is 1. The normalized spacial score (nSPS) is 21.0. The van der Waals surface area contributed by atoms with Gasteiger partial charge in [0.1, 0.15) is 5.82 Å². The van der Waals surface area contributed by atoms with Crippen LogP contribution in [0.25, 0.3) is 11.0 Å². The summed E-state index contributed by atoms with van der Waals surface area (Å²) in [5.74, 6) is 1.28. The van der Waals surface area contributed by atoms with Gasteiger partial charge in [-0.2, -0.15) is 0 Å². The predicted molar refractivity (Wildman–Crippen MR) is 102 cm³/mol. The number of para-hydroxylation sites is 2. The molecule has 1 heterocycles. The molecule has 3 atom stereocenters. The van der Waals surface area contributed by atoms with Crippen molar-refractivity contribution in [3.05, 3.63) is 30.1 Å². The number of carbonyl (C=O) groups is 1. The van der Waals surface area contributed by atoms with Crippen molar-refractivity contribution in [2.75, 3.05) is 0 Å². The second kappa shape index (κ2) is 8.70. The van der Waals surface area contributed by atoms with Gasteiger partial charge in [0.15, 0.2) is 0 Å². The molecule has 0 bridgehead atoms. The smallest absolute Gasteiger partial charge is 0.220 e. The number of fused-ring (bicyclic) bond motifs is 1. The molecule has 0 spiro atoms. The highest BCUT2D eigenvalue weighted by atomic mass is 35.5. The zero-order chi connectivity index (χ0) is 15.7. The molecule has 1 aliphatic rings. The molecule has 3 N–H and O–H groups in total. The Bertz CT molecular complexity index is 688. The van der Waals surface area contributed by atoms with E-state index in [1.807, 2.05) is 42.8 Å². The van der Waals surface area contributed by atoms with Gasteiger partial charge in [0, 0.05) is 19.5 Å². The Labute approximate surface area is 155 Å². The first-order valence-corrected chi connectivity index (χ1v) is 8.02. The highest BCUT2D eigenvalue weighted by Crippen LogP contribution is 2.27. The second-order valence-corrected chi connectivity index (χ2v) is 6.37. The van der Waals surface area contributed by atoms with E-state index in [4.69, 9.17) is 5.73 Å². The standard InChI is InChI=1S/C17H24N4O.2ClH/c1-11(19-16(22)10-12-6-5-7-13(12)18)17-20-14-8-3-4-9-15(14)21(17)2;;/h3-4,8-9,11-13H,5-7,10,18H2,1-2H3,(H,19,22);2*1H/t11?,12-,13+;;/m0../s1. The molecule has 1 saturated carbocycles. The van der Waals surface area contributed by atoms with Crippen molar-refractivity contribution in [1.82, 2.24) is 14.9 Å². The maximum Gasteiger partial charge on any atom is 0.220 e. The summed E-state index contributed by atoms with van der Waals surface area (Å²) >= 11 is 0. The largest absolute Gasteiger partial charge is 0.346 e. The van der Waals surface area contributed by atoms with Gasteiger partial charge >= 0.3 is 0 Å². The number of aryl methyl sites for hydroxylation is 1. The van der Waals surface area contributed by atoms with Gasteiger partial charge < -0.3 is 15.6 Å². The van der Waals surface area contributed by atoms with Crippen molar-refractivity contribution in [2.24, 2.45) is 18.7 Å². The average molecular weight is 373 g/mol. The molecule has 7 heteroatoms. The predicted octanol–water partition coefficient (Wildman–Crippen LogP) is 3.11. The number of carbonyl (C=O) groups excluding carboxylic acids is 1. The fourth-order valence-corrected chi connectivity index (χ4v) is 3.47. The third-order valence-electron chi connectivity index (χ3n) is 4.75. The van der Waals surface area contributed by atoms with Crippen LogP contribution in [0.4, 0.5) is 0 Å². The van der Waals surface area contributed by atoms with Crippen molar-refractivity contribution in [3.8, 4) is 0 Å². The van der Waals surface area contributed by atoms with Gasteiger partial charge in [-0.25, -0.2) is 4.98 Å². The van der Waals surface area contributed by atoms with Crippen LogP contribution in [0.1, 0.15) is 44.5 Å². The molecule has 3 rings (SSSR count). The first-order valence-electron chi connectivity index (χ1n) is 8.02. The number of aromatic nitrogens is 2. The van der Waals surface area contributed by atoms with Crippen LogP contribution in [-0.2, 0) is 11.8 Å². The lowest BCUT2D eigenvalue weighted by Gasteiger charge is -2.18. The summed E-state index contributed by atoms with van der Waals surface area (Å²) in [5.41, 5.74) is 8.09. The van der Waals surface area contributed by atoms with Crippen LogP contribution in [0.15, 0.2) is 24.3 Å². The number of halogens is 2. The van der Waals surface area contributed by atoms with E-state index >= 15 is 0 Å². The maximum atomic E-state index is 12.3. The molecule has 134 valence electrons. The fourth-order valence-electron chi connectivity index (χ4n) is 3.47. The van der Waals surface area contributed by atoms with Gasteiger partial charge in [0.2, 0.25) is 5.91 Å². The van der Waals surface area contributed by atoms with Crippen molar-refractivity contribution in [2.45, 2.75) is 44.7 Å². The molecule has 24 heavy (non-hydrogen) atoms. The SMILES string of the molecule is CC(NC(=O)C[C@@H]1CCC[C@H]1N)c1nc2ccccc2n1C.Cl.Cl. The molecule has 0 saturated heterocycles. The average Bonchev–Trinajstić information content (AvgIpc) is 3.04. The lowest BCUT2D eigenvalue weighted by atomic mass is 10.00. The number of hydrogen-bond donors (Lipinski definition) is 2. The Kier molecular flexibility index (Phi) is 7.52. The summed E-state index contributed by atoms with van der Waals surface area (Å²) in [6.07, 6.45) is 3.77. The summed E-state index contributed by atoms with van der Waals surface area (Å²) in [4.78, 5) is 16.9. The van der Waals surface area contributed by atoms with Crippen molar-refractivity contribution >= 4 is 41.8 Å². The number of imidazole rings is 1. The van der Waals surface area contributed by atoms with E-state index in [2.05, 4.69) is 10.3 Å². The highest BCUT2D eigenvalue weighted by Gasteiger charge is 2.27. The Balaban J connectivity index is 0.00000144. The summed E-state index contributed by atoms with van der Waals surface area (Å²) in [5, 5.41) is 3.07. The third-order valence-corrected chi connectivity index (χ3v) is 4.75. The molecule has 2 aromatic rings. The summed E-state index contributed by atoms with van der Waals surface area (Å²) in [6.45, 7) is 1.98. The summed E-state index contributed by atoms with van der Waals surface area (Å²) in [6, 6.07) is 8.07. The van der Waals surface area contributed by atoms with E-state index in [0.29, 0.717) is 12.3 Å². The van der Waals surface area contributed by atoms with Crippen molar-refractivity contribution in [3.63, 3.8) is 0 Å². The molecule has 1 aliphatic carbocycles. The molecule has 1 fully saturated rings. The zero-order valence-corrected chi connectivity index (χ0v) is 15.7. The van der Waals surface area contributed by atoms with E-state index < -0.39 is 0 Å². The van der Waals surface area contributed by atoms with E-state index in [1.54, 1.807) is 0 Å². The molecular formula is C17H26Cl2N4O. The van der Waals surface area contributed by atoms with Crippen LogP contribution >= 0.6 is 24.8 Å². The number of amides is 1. The first-order chi connectivity index (χ1) is 10.6. The Morgan fingerprint density at radius 1 is 1.38 bits per heavy atom. The van der Waals surface area contributed by atoms with Crippen molar-refractivity contribution in [1.29, 1.82) is 0 Å². The number of rotatable bonds is 4. The molecule has 0 radical (unpaired) electrons. The first kappa shape index (κ1) is 20.7. The molecule has 0 aliphatic heterocycles. The van der Waals surface area contributed by atoms with Crippen LogP contribution in [-0.4, -0.2) is 21.5 Å². The summed E-state index contributed by atoms with van der Waals surface area (Å²) < 4.78 is 2.04. The van der Waals surface area contributed by atoms with Gasteiger partial charge in [0.25, 0.3) is 0 Å². The quantitative estimate of drug-likeness (QED) is 0.865. The molecule has 1 amide bonds. The monoisotopic (exact) mass is 372 g/mol. The van der Waals surface area contributed by atoms with Crippen LogP contribution in [0.5, 0.6) is 0 Å². The zero-order valence-electron chi connectivity index (χ0n) is 14.1. The minimum Gasteiger partial charge on any atom is -0.346 e. The Morgan fingerprint density at radius 3 is 2.71 bits per heavy atom. The van der Waals surface area contributed by atoms with E-state index in [9.17, 15) is 4.79 Å². The number of benzene rings is 1. The molecular weight excluding hydrogens is 347 g/mol. The van der Waals surface area contributed by atoms with Gasteiger partial charge in [-0.05, 0) is 37.8 Å². The Hall–Kier alpha value is -1.30. The molecule has 1 unspecified atom stereocenters. The van der Waals surface area contributed by atoms with Crippen LogP contribution in [0, 0.1) is 5.92 Å². The van der Waals surface area contributed by atoms with E-state index in [-0.39, 0.29) is 42.8 Å². The maximum absolute atomic E-state index is 12.3. The highest BCUT2D eigenvalue weighted by molar-refractivity contribution is 5.85. The van der Waals surface area contributed by atoms with Gasteiger partial charge in [-0.1, -0.05) is 18.6 Å². The lowest BCUT2D eigenvalue weighted by Crippen LogP contribution is -2.33. The fraction of sp³-hybridized carbons (Fsp3) is 0.529. The van der Waals surface area contributed by atoms with Crippen molar-refractivity contribution < 1.29 is 4.79 Å². The van der Waals surface area contributed by atoms with E-state index in [0.717, 1.165) is 36.1 Å². The third kappa shape index (κ3) is 4.21. The van der Waals surface area contributed by atoms with Gasteiger partial charge in [-0.3, -0.25) is 4.79 Å². The molecule has 1 aromatic carbocycles. The number of hydrogen-bond acceptors (Lipinski definition) is 3. The lowest BCUT2D eigenvalue weighted by molar-refractivity contribution is -0.122. The summed E-state index contributed by atoms with van der Waals surface area (Å²) in [7, 11) is 1.99. The van der Waals surface area contributed by atoms with Crippen LogP contribution in [0.2, 0.25) is 0 Å². The van der Waals surface area contributed by atoms with Gasteiger partial charge in [-0.15, -0.1) is 24.8 Å². The van der Waals surface area contributed by atoms with E-state index in [1.165, 1.54) is 0 Å². The molecule has 5 nitrogen and oxygen atoms in total. The van der Waals surface area contributed by atoms with Crippen LogP contribution in [0.3, 0.4) is 0 Å². The van der Waals surface area contributed by atoms with Gasteiger partial charge in [0.05, 0.1) is 17.1 Å². The molecule has 1 aromatic heterocycles.